The molecule has 5 heteroatoms. The van der Waals surface area contributed by atoms with Crippen molar-refractivity contribution in [3.8, 4) is 11.6 Å². The van der Waals surface area contributed by atoms with Crippen molar-refractivity contribution in [2.45, 2.75) is 0 Å². The molecule has 0 radical (unpaired) electrons. The van der Waals surface area contributed by atoms with Gasteiger partial charge in [0.25, 0.3) is 5.91 Å². The lowest BCUT2D eigenvalue weighted by molar-refractivity contribution is 0.102. The summed E-state index contributed by atoms with van der Waals surface area (Å²) in [6.45, 7) is 0. The summed E-state index contributed by atoms with van der Waals surface area (Å²) in [4.78, 5) is 20.9. The smallest absolute Gasteiger partial charge is 0.255 e. The van der Waals surface area contributed by atoms with Crippen LogP contribution in [0.25, 0.3) is 10.9 Å². The fraction of sp³-hybridized carbons (Fsp3) is 0. The summed E-state index contributed by atoms with van der Waals surface area (Å²) in [5.74, 6) is 0.825. The number of nitrogens with one attached hydrogen (secondary N) is 1. The van der Waals surface area contributed by atoms with Crippen LogP contribution in [0.3, 0.4) is 0 Å². The number of amides is 1. The molecule has 0 saturated heterocycles. The molecule has 0 aliphatic heterocycles. The number of carbonyl (C=O) groups excluding carboxylic acids is 1. The fourth-order valence-electron chi connectivity index (χ4n) is 2.59. The number of hydrogen-bond donors (Lipinski definition) is 1. The number of pyridine rings is 2. The zero-order chi connectivity index (χ0) is 17.8. The van der Waals surface area contributed by atoms with E-state index in [0.717, 1.165) is 10.9 Å². The molecule has 0 unspecified atom stereocenters. The highest BCUT2D eigenvalue weighted by Gasteiger charge is 2.08. The third-order valence-electron chi connectivity index (χ3n) is 3.82. The van der Waals surface area contributed by atoms with Crippen LogP contribution >= 0.6 is 0 Å². The lowest BCUT2D eigenvalue weighted by Crippen LogP contribution is -2.11. The first-order valence-electron chi connectivity index (χ1n) is 8.13. The molecule has 0 aliphatic carbocycles. The van der Waals surface area contributed by atoms with Crippen LogP contribution in [0.5, 0.6) is 11.6 Å². The molecule has 126 valence electrons. The Kier molecular flexibility index (Phi) is 4.26. The van der Waals surface area contributed by atoms with E-state index < -0.39 is 0 Å². The zero-order valence-electron chi connectivity index (χ0n) is 13.8. The quantitative estimate of drug-likeness (QED) is 0.586. The summed E-state index contributed by atoms with van der Waals surface area (Å²) in [5, 5.41) is 3.87. The lowest BCUT2D eigenvalue weighted by atomic mass is 10.1. The lowest BCUT2D eigenvalue weighted by Gasteiger charge is -2.08. The molecule has 5 nitrogen and oxygen atoms in total. The van der Waals surface area contributed by atoms with Crippen LogP contribution in [0.4, 0.5) is 5.69 Å². The van der Waals surface area contributed by atoms with Crippen molar-refractivity contribution in [3.05, 3.63) is 90.8 Å². The van der Waals surface area contributed by atoms with Gasteiger partial charge >= 0.3 is 0 Å². The van der Waals surface area contributed by atoms with E-state index in [2.05, 4.69) is 15.3 Å². The van der Waals surface area contributed by atoms with E-state index >= 15 is 0 Å². The maximum atomic E-state index is 12.6. The Balaban J connectivity index is 1.53. The van der Waals surface area contributed by atoms with Gasteiger partial charge in [-0.2, -0.15) is 0 Å². The number of carbonyl (C=O) groups is 1. The molecular weight excluding hydrogens is 326 g/mol. The predicted octanol–water partition coefficient (Wildman–Crippen LogP) is 4.67. The van der Waals surface area contributed by atoms with E-state index in [1.807, 2.05) is 42.5 Å². The van der Waals surface area contributed by atoms with Crippen molar-refractivity contribution in [1.29, 1.82) is 0 Å². The number of aromatic nitrogens is 2. The molecule has 2 heterocycles. The van der Waals surface area contributed by atoms with Crippen LogP contribution < -0.4 is 10.1 Å². The first-order valence-corrected chi connectivity index (χ1v) is 8.13. The molecule has 0 aliphatic rings. The van der Waals surface area contributed by atoms with Crippen molar-refractivity contribution < 1.29 is 9.53 Å². The van der Waals surface area contributed by atoms with Gasteiger partial charge in [0.2, 0.25) is 5.88 Å². The summed E-state index contributed by atoms with van der Waals surface area (Å²) in [5.41, 5.74) is 2.10. The minimum Gasteiger partial charge on any atom is -0.439 e. The molecule has 26 heavy (non-hydrogen) atoms. The molecular formula is C21H15N3O2. The van der Waals surface area contributed by atoms with Crippen LogP contribution in [-0.2, 0) is 0 Å². The second-order valence-corrected chi connectivity index (χ2v) is 5.66. The minimum absolute atomic E-state index is 0.209. The largest absolute Gasteiger partial charge is 0.439 e. The van der Waals surface area contributed by atoms with Crippen molar-refractivity contribution >= 4 is 22.5 Å². The molecule has 0 atom stereocenters. The maximum Gasteiger partial charge on any atom is 0.255 e. The molecule has 2 aromatic carbocycles. The average molecular weight is 341 g/mol. The number of anilines is 1. The molecule has 0 fully saturated rings. The van der Waals surface area contributed by atoms with Gasteiger partial charge < -0.3 is 10.1 Å². The fourth-order valence-corrected chi connectivity index (χ4v) is 2.59. The molecule has 0 bridgehead atoms. The number of fused-ring (bicyclic) bond motifs is 1. The Morgan fingerprint density at radius 1 is 0.846 bits per heavy atom. The summed E-state index contributed by atoms with van der Waals surface area (Å²) >= 11 is 0. The molecule has 1 amide bonds. The summed E-state index contributed by atoms with van der Waals surface area (Å²) in [6, 6.07) is 21.8. The third-order valence-corrected chi connectivity index (χ3v) is 3.82. The molecule has 4 rings (SSSR count). The van der Waals surface area contributed by atoms with E-state index in [9.17, 15) is 4.79 Å². The monoisotopic (exact) mass is 341 g/mol. The zero-order valence-corrected chi connectivity index (χ0v) is 13.8. The van der Waals surface area contributed by atoms with E-state index in [-0.39, 0.29) is 5.91 Å². The predicted molar refractivity (Wildman–Crippen MR) is 100 cm³/mol. The Morgan fingerprint density at radius 3 is 2.65 bits per heavy atom. The topological polar surface area (TPSA) is 64.1 Å². The Labute approximate surface area is 150 Å². The first kappa shape index (κ1) is 15.8. The summed E-state index contributed by atoms with van der Waals surface area (Å²) < 4.78 is 5.68. The highest BCUT2D eigenvalue weighted by Crippen LogP contribution is 2.22. The van der Waals surface area contributed by atoms with Crippen molar-refractivity contribution in [2.24, 2.45) is 0 Å². The van der Waals surface area contributed by atoms with Crippen LogP contribution in [-0.4, -0.2) is 15.9 Å². The third kappa shape index (κ3) is 3.52. The highest BCUT2D eigenvalue weighted by molar-refractivity contribution is 6.05. The summed E-state index contributed by atoms with van der Waals surface area (Å²) in [6.07, 6.45) is 3.40. The van der Waals surface area contributed by atoms with Gasteiger partial charge in [0, 0.05) is 35.1 Å². The number of nitrogens with zero attached hydrogens (tertiary/aromatic N) is 2. The van der Waals surface area contributed by atoms with E-state index in [1.54, 1.807) is 42.7 Å². The SMILES string of the molecule is O=C(Nc1ccc2ncccc2c1)c1cccc(Oc2ccccn2)c1. The number of ether oxygens (including phenoxy) is 1. The van der Waals surface area contributed by atoms with Gasteiger partial charge in [-0.15, -0.1) is 0 Å². The standard InChI is InChI=1S/C21H15N3O2/c25-21(24-17-9-10-19-15(13-17)6-4-12-22-19)16-5-3-7-18(14-16)26-20-8-1-2-11-23-20/h1-14H,(H,24,25). The molecule has 4 aromatic rings. The van der Waals surface area contributed by atoms with Gasteiger partial charge in [0.15, 0.2) is 0 Å². The Bertz CT molecular complexity index is 1060. The molecule has 1 N–H and O–H groups in total. The molecule has 0 saturated carbocycles. The Hall–Kier alpha value is -3.73. The highest BCUT2D eigenvalue weighted by atomic mass is 16.5. The average Bonchev–Trinajstić information content (AvgIpc) is 2.69. The minimum atomic E-state index is -0.209. The first-order chi connectivity index (χ1) is 12.8. The van der Waals surface area contributed by atoms with Crippen LogP contribution in [0.2, 0.25) is 0 Å². The van der Waals surface area contributed by atoms with Gasteiger partial charge in [-0.3, -0.25) is 9.78 Å². The van der Waals surface area contributed by atoms with Gasteiger partial charge in [0.05, 0.1) is 5.52 Å². The van der Waals surface area contributed by atoms with E-state index in [1.165, 1.54) is 0 Å². The van der Waals surface area contributed by atoms with E-state index in [4.69, 9.17) is 4.74 Å². The van der Waals surface area contributed by atoms with Crippen molar-refractivity contribution in [3.63, 3.8) is 0 Å². The number of rotatable bonds is 4. The van der Waals surface area contributed by atoms with Crippen molar-refractivity contribution in [2.75, 3.05) is 5.32 Å². The van der Waals surface area contributed by atoms with E-state index in [0.29, 0.717) is 22.9 Å². The molecule has 2 aromatic heterocycles. The number of hydrogen-bond acceptors (Lipinski definition) is 4. The van der Waals surface area contributed by atoms with Gasteiger partial charge in [-0.05, 0) is 48.5 Å². The Morgan fingerprint density at radius 2 is 1.77 bits per heavy atom. The second-order valence-electron chi connectivity index (χ2n) is 5.66. The second kappa shape index (κ2) is 7.03. The van der Waals surface area contributed by atoms with Crippen molar-refractivity contribution in [1.82, 2.24) is 9.97 Å². The summed E-state index contributed by atoms with van der Waals surface area (Å²) in [7, 11) is 0. The van der Waals surface area contributed by atoms with Gasteiger partial charge in [-0.1, -0.05) is 18.2 Å². The van der Waals surface area contributed by atoms with Gasteiger partial charge in [-0.25, -0.2) is 4.98 Å². The van der Waals surface area contributed by atoms with Crippen LogP contribution in [0, 0.1) is 0 Å². The van der Waals surface area contributed by atoms with Crippen LogP contribution in [0.1, 0.15) is 10.4 Å². The number of benzene rings is 2. The van der Waals surface area contributed by atoms with Crippen LogP contribution in [0.15, 0.2) is 85.2 Å². The normalized spacial score (nSPS) is 10.5. The van der Waals surface area contributed by atoms with Gasteiger partial charge in [0.1, 0.15) is 5.75 Å². The molecule has 0 spiro atoms. The maximum absolute atomic E-state index is 12.6.